The molecule has 90 valence electrons. The summed E-state index contributed by atoms with van der Waals surface area (Å²) in [4.78, 5) is 11.1. The second-order valence-corrected chi connectivity index (χ2v) is 4.53. The molecular formula is C14H17NO2. The van der Waals surface area contributed by atoms with Crippen molar-refractivity contribution in [1.82, 2.24) is 4.57 Å². The highest BCUT2D eigenvalue weighted by atomic mass is 16.4. The third kappa shape index (κ3) is 2.18. The summed E-state index contributed by atoms with van der Waals surface area (Å²) in [5.41, 5.74) is 1.38. The molecule has 1 unspecified atom stereocenters. The first-order chi connectivity index (χ1) is 8.13. The number of hydrogen-bond donors (Lipinski definition) is 1. The molecule has 0 amide bonds. The maximum Gasteiger partial charge on any atom is 0.336 e. The number of fused-ring (bicyclic) bond motifs is 1. The molecule has 1 aromatic heterocycles. The first-order valence-electron chi connectivity index (χ1n) is 5.94. The average molecular weight is 231 g/mol. The van der Waals surface area contributed by atoms with Crippen LogP contribution in [0, 0.1) is 5.92 Å². The van der Waals surface area contributed by atoms with Gasteiger partial charge in [0.25, 0.3) is 0 Å². The lowest BCUT2D eigenvalue weighted by Crippen LogP contribution is -2.05. The molecule has 0 aliphatic carbocycles. The number of aromatic nitrogens is 1. The Labute approximate surface area is 101 Å². The summed E-state index contributed by atoms with van der Waals surface area (Å²) >= 11 is 0. The zero-order chi connectivity index (χ0) is 12.4. The Hall–Kier alpha value is -1.77. The van der Waals surface area contributed by atoms with Crippen LogP contribution in [0.3, 0.4) is 0 Å². The molecule has 0 radical (unpaired) electrons. The highest BCUT2D eigenvalue weighted by Crippen LogP contribution is 2.21. The van der Waals surface area contributed by atoms with Crippen LogP contribution in [-0.4, -0.2) is 15.6 Å². The molecule has 0 aliphatic rings. The van der Waals surface area contributed by atoms with Gasteiger partial charge in [0.1, 0.15) is 0 Å². The van der Waals surface area contributed by atoms with Gasteiger partial charge in [-0.2, -0.15) is 0 Å². The summed E-state index contributed by atoms with van der Waals surface area (Å²) in [7, 11) is 0. The number of rotatable bonds is 4. The number of carbonyl (C=O) groups is 1. The second kappa shape index (κ2) is 4.62. The molecule has 1 heterocycles. The van der Waals surface area contributed by atoms with Crippen LogP contribution in [0.4, 0.5) is 0 Å². The minimum atomic E-state index is -0.864. The van der Waals surface area contributed by atoms with Crippen molar-refractivity contribution >= 4 is 16.9 Å². The molecule has 2 rings (SSSR count). The number of hydrogen-bond acceptors (Lipinski definition) is 1. The van der Waals surface area contributed by atoms with Crippen molar-refractivity contribution in [3.05, 3.63) is 36.0 Å². The number of carboxylic acid groups (broad SMARTS) is 1. The highest BCUT2D eigenvalue weighted by Gasteiger charge is 2.11. The fourth-order valence-corrected chi connectivity index (χ4v) is 2.03. The molecule has 0 saturated heterocycles. The fourth-order valence-electron chi connectivity index (χ4n) is 2.03. The van der Waals surface area contributed by atoms with Gasteiger partial charge in [-0.05, 0) is 24.1 Å². The molecular weight excluding hydrogens is 214 g/mol. The molecule has 3 nitrogen and oxygen atoms in total. The standard InChI is InChI=1S/C14H17NO2/c1-3-10(2)9-15-8-7-11-12(14(16)17)5-4-6-13(11)15/h4-8,10H,3,9H2,1-2H3,(H,16,17). The number of benzene rings is 1. The van der Waals surface area contributed by atoms with Crippen LogP contribution in [0.2, 0.25) is 0 Å². The summed E-state index contributed by atoms with van der Waals surface area (Å²) in [5, 5.41) is 9.93. The molecule has 1 N–H and O–H groups in total. The van der Waals surface area contributed by atoms with E-state index in [0.717, 1.165) is 23.9 Å². The largest absolute Gasteiger partial charge is 0.478 e. The summed E-state index contributed by atoms with van der Waals surface area (Å²) in [6.07, 6.45) is 3.10. The highest BCUT2D eigenvalue weighted by molar-refractivity contribution is 6.02. The Morgan fingerprint density at radius 1 is 1.41 bits per heavy atom. The molecule has 1 aromatic carbocycles. The second-order valence-electron chi connectivity index (χ2n) is 4.53. The molecule has 0 spiro atoms. The molecule has 0 fully saturated rings. The third-order valence-corrected chi connectivity index (χ3v) is 3.25. The van der Waals surface area contributed by atoms with Crippen LogP contribution in [0.5, 0.6) is 0 Å². The van der Waals surface area contributed by atoms with E-state index >= 15 is 0 Å². The molecule has 17 heavy (non-hydrogen) atoms. The fraction of sp³-hybridized carbons (Fsp3) is 0.357. The van der Waals surface area contributed by atoms with Crippen LogP contribution in [0.15, 0.2) is 30.5 Å². The van der Waals surface area contributed by atoms with Crippen molar-refractivity contribution in [1.29, 1.82) is 0 Å². The van der Waals surface area contributed by atoms with Crippen molar-refractivity contribution in [3.63, 3.8) is 0 Å². The van der Waals surface area contributed by atoms with E-state index in [4.69, 9.17) is 5.11 Å². The Kier molecular flexibility index (Phi) is 3.18. The summed E-state index contributed by atoms with van der Waals surface area (Å²) in [6.45, 7) is 5.30. The Balaban J connectivity index is 2.47. The van der Waals surface area contributed by atoms with Gasteiger partial charge in [-0.3, -0.25) is 0 Å². The van der Waals surface area contributed by atoms with Crippen molar-refractivity contribution < 1.29 is 9.90 Å². The van der Waals surface area contributed by atoms with Crippen LogP contribution in [0.25, 0.3) is 10.9 Å². The van der Waals surface area contributed by atoms with Crippen molar-refractivity contribution in [2.24, 2.45) is 5.92 Å². The lowest BCUT2D eigenvalue weighted by atomic mass is 10.1. The van der Waals surface area contributed by atoms with Crippen molar-refractivity contribution in [2.75, 3.05) is 0 Å². The van der Waals surface area contributed by atoms with Crippen molar-refractivity contribution in [3.8, 4) is 0 Å². The van der Waals surface area contributed by atoms with E-state index in [2.05, 4.69) is 18.4 Å². The first-order valence-corrected chi connectivity index (χ1v) is 5.94. The summed E-state index contributed by atoms with van der Waals surface area (Å²) < 4.78 is 2.13. The normalized spacial score (nSPS) is 12.8. The van der Waals surface area contributed by atoms with Gasteiger partial charge in [-0.15, -0.1) is 0 Å². The minimum absolute atomic E-state index is 0.380. The Morgan fingerprint density at radius 2 is 2.18 bits per heavy atom. The third-order valence-electron chi connectivity index (χ3n) is 3.25. The van der Waals surface area contributed by atoms with Crippen LogP contribution < -0.4 is 0 Å². The predicted molar refractivity (Wildman–Crippen MR) is 68.4 cm³/mol. The van der Waals surface area contributed by atoms with Crippen LogP contribution in [0.1, 0.15) is 30.6 Å². The topological polar surface area (TPSA) is 42.2 Å². The van der Waals surface area contributed by atoms with E-state index in [9.17, 15) is 4.79 Å². The summed E-state index contributed by atoms with van der Waals surface area (Å²) in [6, 6.07) is 7.32. The molecule has 0 saturated carbocycles. The number of nitrogens with zero attached hydrogens (tertiary/aromatic N) is 1. The van der Waals surface area contributed by atoms with Gasteiger partial charge in [0, 0.05) is 23.6 Å². The molecule has 0 bridgehead atoms. The molecule has 3 heteroatoms. The zero-order valence-electron chi connectivity index (χ0n) is 10.2. The van der Waals surface area contributed by atoms with Crippen LogP contribution in [-0.2, 0) is 6.54 Å². The SMILES string of the molecule is CCC(C)Cn1ccc2c(C(=O)O)cccc21. The Morgan fingerprint density at radius 3 is 2.82 bits per heavy atom. The lowest BCUT2D eigenvalue weighted by Gasteiger charge is -2.11. The molecule has 1 atom stereocenters. The summed E-state index contributed by atoms with van der Waals surface area (Å²) in [5.74, 6) is -0.268. The van der Waals surface area contributed by atoms with E-state index in [1.807, 2.05) is 18.3 Å². The quantitative estimate of drug-likeness (QED) is 0.876. The van der Waals surface area contributed by atoms with E-state index in [1.54, 1.807) is 12.1 Å². The monoisotopic (exact) mass is 231 g/mol. The van der Waals surface area contributed by atoms with Gasteiger partial charge in [-0.1, -0.05) is 26.3 Å². The van der Waals surface area contributed by atoms with Gasteiger partial charge in [0.2, 0.25) is 0 Å². The first kappa shape index (κ1) is 11.7. The van der Waals surface area contributed by atoms with E-state index in [-0.39, 0.29) is 0 Å². The van der Waals surface area contributed by atoms with Crippen molar-refractivity contribution in [2.45, 2.75) is 26.8 Å². The number of carboxylic acids is 1. The Bertz CT molecular complexity index is 542. The maximum atomic E-state index is 11.1. The van der Waals surface area contributed by atoms with Gasteiger partial charge in [0.15, 0.2) is 0 Å². The smallest absolute Gasteiger partial charge is 0.336 e. The predicted octanol–water partition coefficient (Wildman–Crippen LogP) is 3.39. The van der Waals surface area contributed by atoms with E-state index in [0.29, 0.717) is 11.5 Å². The maximum absolute atomic E-state index is 11.1. The van der Waals surface area contributed by atoms with Gasteiger partial charge in [0.05, 0.1) is 5.56 Å². The zero-order valence-corrected chi connectivity index (χ0v) is 10.2. The van der Waals surface area contributed by atoms with Gasteiger partial charge < -0.3 is 9.67 Å². The molecule has 0 aliphatic heterocycles. The minimum Gasteiger partial charge on any atom is -0.478 e. The van der Waals surface area contributed by atoms with Crippen LogP contribution >= 0.6 is 0 Å². The molecule has 2 aromatic rings. The van der Waals surface area contributed by atoms with E-state index < -0.39 is 5.97 Å². The average Bonchev–Trinajstić information content (AvgIpc) is 2.72. The number of aromatic carboxylic acids is 1. The van der Waals surface area contributed by atoms with Gasteiger partial charge >= 0.3 is 5.97 Å². The van der Waals surface area contributed by atoms with E-state index in [1.165, 1.54) is 0 Å². The van der Waals surface area contributed by atoms with Gasteiger partial charge in [-0.25, -0.2) is 4.79 Å². The lowest BCUT2D eigenvalue weighted by molar-refractivity contribution is 0.0699.